The van der Waals surface area contributed by atoms with Gasteiger partial charge in [0.1, 0.15) is 5.82 Å². The van der Waals surface area contributed by atoms with Crippen molar-refractivity contribution in [3.8, 4) is 0 Å². The van der Waals surface area contributed by atoms with E-state index in [1.54, 1.807) is 0 Å². The Labute approximate surface area is 93.5 Å². The van der Waals surface area contributed by atoms with Crippen LogP contribution in [0.25, 0.3) is 0 Å². The molecule has 0 bridgehead atoms. The van der Waals surface area contributed by atoms with Gasteiger partial charge in [0.25, 0.3) is 0 Å². The Kier molecular flexibility index (Phi) is 3.00. The van der Waals surface area contributed by atoms with E-state index in [0.717, 1.165) is 32.0 Å². The van der Waals surface area contributed by atoms with Gasteiger partial charge in [0, 0.05) is 26.2 Å². The molecular formula is C10H14N4O2. The lowest BCUT2D eigenvalue weighted by Gasteiger charge is -2.32. The lowest BCUT2D eigenvalue weighted by atomic mass is 10.3. The Bertz CT molecular complexity index is 371. The number of aromatic carboxylic acids is 1. The minimum atomic E-state index is -1.04. The molecule has 0 aliphatic carbocycles. The molecule has 2 rings (SSSR count). The van der Waals surface area contributed by atoms with E-state index in [1.165, 1.54) is 12.4 Å². The van der Waals surface area contributed by atoms with Gasteiger partial charge in [-0.3, -0.25) is 0 Å². The van der Waals surface area contributed by atoms with Crippen molar-refractivity contribution in [1.82, 2.24) is 14.9 Å². The van der Waals surface area contributed by atoms with E-state index in [2.05, 4.69) is 26.8 Å². The maximum atomic E-state index is 10.6. The lowest BCUT2D eigenvalue weighted by molar-refractivity contribution is 0.0690. The molecule has 1 aliphatic rings. The van der Waals surface area contributed by atoms with Crippen LogP contribution < -0.4 is 4.90 Å². The van der Waals surface area contributed by atoms with Gasteiger partial charge < -0.3 is 14.9 Å². The summed E-state index contributed by atoms with van der Waals surface area (Å²) in [5.74, 6) is -0.296. The van der Waals surface area contributed by atoms with Crippen molar-refractivity contribution >= 4 is 11.8 Å². The van der Waals surface area contributed by atoms with E-state index in [1.807, 2.05) is 0 Å². The largest absolute Gasteiger partial charge is 0.476 e. The van der Waals surface area contributed by atoms with Crippen LogP contribution in [0.5, 0.6) is 0 Å². The van der Waals surface area contributed by atoms with Crippen LogP contribution in [0.2, 0.25) is 0 Å². The van der Waals surface area contributed by atoms with Crippen molar-refractivity contribution in [2.45, 2.75) is 0 Å². The number of likely N-dealkylation sites (N-methyl/N-ethyl adjacent to an activating group) is 1. The Morgan fingerprint density at radius 1 is 1.25 bits per heavy atom. The molecule has 2 heterocycles. The van der Waals surface area contributed by atoms with E-state index in [-0.39, 0.29) is 5.69 Å². The van der Waals surface area contributed by atoms with Gasteiger partial charge in [-0.2, -0.15) is 0 Å². The Morgan fingerprint density at radius 2 is 1.94 bits per heavy atom. The highest BCUT2D eigenvalue weighted by atomic mass is 16.4. The first-order valence-electron chi connectivity index (χ1n) is 5.15. The molecule has 6 heteroatoms. The van der Waals surface area contributed by atoms with Gasteiger partial charge in [-0.25, -0.2) is 14.8 Å². The predicted octanol–water partition coefficient (Wildman–Crippen LogP) is -0.0734. The molecule has 0 unspecified atom stereocenters. The fourth-order valence-corrected chi connectivity index (χ4v) is 1.63. The number of nitrogens with zero attached hydrogens (tertiary/aromatic N) is 4. The van der Waals surface area contributed by atoms with Crippen molar-refractivity contribution < 1.29 is 9.90 Å². The molecule has 86 valence electrons. The third kappa shape index (κ3) is 2.27. The van der Waals surface area contributed by atoms with E-state index in [9.17, 15) is 4.79 Å². The van der Waals surface area contributed by atoms with Gasteiger partial charge in [0.2, 0.25) is 0 Å². The molecule has 0 aromatic carbocycles. The number of hydrogen-bond acceptors (Lipinski definition) is 5. The van der Waals surface area contributed by atoms with Gasteiger partial charge in [-0.15, -0.1) is 0 Å². The van der Waals surface area contributed by atoms with Crippen LogP contribution in [0, 0.1) is 0 Å². The van der Waals surface area contributed by atoms with Crippen molar-refractivity contribution in [3.63, 3.8) is 0 Å². The van der Waals surface area contributed by atoms with Crippen LogP contribution in [0.4, 0.5) is 5.82 Å². The number of carbonyl (C=O) groups is 1. The van der Waals surface area contributed by atoms with E-state index < -0.39 is 5.97 Å². The second-order valence-corrected chi connectivity index (χ2v) is 3.86. The molecular weight excluding hydrogens is 208 g/mol. The normalized spacial score (nSPS) is 17.4. The average Bonchev–Trinajstić information content (AvgIpc) is 2.30. The highest BCUT2D eigenvalue weighted by Gasteiger charge is 2.16. The summed E-state index contributed by atoms with van der Waals surface area (Å²) >= 11 is 0. The zero-order valence-electron chi connectivity index (χ0n) is 9.13. The van der Waals surface area contributed by atoms with Gasteiger partial charge in [-0.1, -0.05) is 0 Å². The molecule has 1 aromatic rings. The Hall–Kier alpha value is -1.69. The molecule has 1 aromatic heterocycles. The molecule has 1 aliphatic heterocycles. The number of piperazine rings is 1. The summed E-state index contributed by atoms with van der Waals surface area (Å²) in [5.41, 5.74) is -0.0159. The average molecular weight is 222 g/mol. The number of anilines is 1. The minimum absolute atomic E-state index is 0.0159. The van der Waals surface area contributed by atoms with Crippen molar-refractivity contribution in [2.75, 3.05) is 38.1 Å². The first kappa shape index (κ1) is 10.8. The third-order valence-electron chi connectivity index (χ3n) is 2.68. The molecule has 1 saturated heterocycles. The minimum Gasteiger partial charge on any atom is -0.476 e. The topological polar surface area (TPSA) is 69.6 Å². The highest BCUT2D eigenvalue weighted by Crippen LogP contribution is 2.11. The number of carboxylic acids is 1. The van der Waals surface area contributed by atoms with Crippen LogP contribution in [-0.4, -0.2) is 59.2 Å². The standard InChI is InChI=1S/C10H14N4O2/c1-13-2-4-14(5-3-13)9-7-11-8(6-12-9)10(15)16/h6-7H,2-5H2,1H3,(H,15,16). The first-order valence-corrected chi connectivity index (χ1v) is 5.15. The number of carboxylic acid groups (broad SMARTS) is 1. The van der Waals surface area contributed by atoms with Crippen LogP contribution in [0.3, 0.4) is 0 Å². The summed E-state index contributed by atoms with van der Waals surface area (Å²) in [5, 5.41) is 8.70. The summed E-state index contributed by atoms with van der Waals surface area (Å²) in [6.45, 7) is 3.78. The van der Waals surface area contributed by atoms with Crippen LogP contribution >= 0.6 is 0 Å². The summed E-state index contributed by atoms with van der Waals surface area (Å²) < 4.78 is 0. The monoisotopic (exact) mass is 222 g/mol. The fourth-order valence-electron chi connectivity index (χ4n) is 1.63. The first-order chi connectivity index (χ1) is 7.66. The van der Waals surface area contributed by atoms with Gasteiger partial charge in [0.15, 0.2) is 5.69 Å². The van der Waals surface area contributed by atoms with Crippen LogP contribution in [0.1, 0.15) is 10.5 Å². The molecule has 0 amide bonds. The van der Waals surface area contributed by atoms with Gasteiger partial charge in [-0.05, 0) is 7.05 Å². The number of aromatic nitrogens is 2. The molecule has 0 saturated carbocycles. The SMILES string of the molecule is CN1CCN(c2cnc(C(=O)O)cn2)CC1. The molecule has 0 atom stereocenters. The second kappa shape index (κ2) is 4.44. The Balaban J connectivity index is 2.07. The fraction of sp³-hybridized carbons (Fsp3) is 0.500. The van der Waals surface area contributed by atoms with Crippen molar-refractivity contribution in [2.24, 2.45) is 0 Å². The highest BCUT2D eigenvalue weighted by molar-refractivity contribution is 5.84. The summed E-state index contributed by atoms with van der Waals surface area (Å²) in [6.07, 6.45) is 2.82. The summed E-state index contributed by atoms with van der Waals surface area (Å²) in [7, 11) is 2.08. The molecule has 16 heavy (non-hydrogen) atoms. The predicted molar refractivity (Wildman–Crippen MR) is 58.7 cm³/mol. The van der Waals surface area contributed by atoms with Crippen molar-refractivity contribution in [3.05, 3.63) is 18.1 Å². The van der Waals surface area contributed by atoms with Gasteiger partial charge in [0.05, 0.1) is 12.4 Å². The summed E-state index contributed by atoms with van der Waals surface area (Å²) in [4.78, 5) is 22.9. The van der Waals surface area contributed by atoms with E-state index >= 15 is 0 Å². The van der Waals surface area contributed by atoms with E-state index in [4.69, 9.17) is 5.11 Å². The maximum absolute atomic E-state index is 10.6. The second-order valence-electron chi connectivity index (χ2n) is 3.86. The smallest absolute Gasteiger partial charge is 0.356 e. The Morgan fingerprint density at radius 3 is 2.44 bits per heavy atom. The van der Waals surface area contributed by atoms with Gasteiger partial charge >= 0.3 is 5.97 Å². The molecule has 0 radical (unpaired) electrons. The molecule has 6 nitrogen and oxygen atoms in total. The zero-order valence-corrected chi connectivity index (χ0v) is 9.13. The van der Waals surface area contributed by atoms with Crippen LogP contribution in [-0.2, 0) is 0 Å². The molecule has 1 fully saturated rings. The number of hydrogen-bond donors (Lipinski definition) is 1. The van der Waals surface area contributed by atoms with Crippen LogP contribution in [0.15, 0.2) is 12.4 Å². The third-order valence-corrected chi connectivity index (χ3v) is 2.68. The maximum Gasteiger partial charge on any atom is 0.356 e. The molecule has 0 spiro atoms. The zero-order chi connectivity index (χ0) is 11.5. The summed E-state index contributed by atoms with van der Waals surface area (Å²) in [6, 6.07) is 0. The van der Waals surface area contributed by atoms with Crippen molar-refractivity contribution in [1.29, 1.82) is 0 Å². The lowest BCUT2D eigenvalue weighted by Crippen LogP contribution is -2.44. The molecule has 1 N–H and O–H groups in total. The quantitative estimate of drug-likeness (QED) is 0.755. The van der Waals surface area contributed by atoms with E-state index in [0.29, 0.717) is 0 Å². The number of rotatable bonds is 2.